The fourth-order valence-electron chi connectivity index (χ4n) is 2.34. The van der Waals surface area contributed by atoms with Gasteiger partial charge in [-0.05, 0) is 24.3 Å². The molecule has 2 rings (SSSR count). The zero-order valence-corrected chi connectivity index (χ0v) is 10.3. The molecule has 96 valence electrons. The molecule has 2 fully saturated rings. The molecule has 2 aliphatic heterocycles. The van der Waals surface area contributed by atoms with Crippen molar-refractivity contribution in [3.05, 3.63) is 0 Å². The van der Waals surface area contributed by atoms with E-state index in [0.717, 1.165) is 24.3 Å². The van der Waals surface area contributed by atoms with Crippen LogP contribution < -0.4 is 0 Å². The standard InChI is InChI=1S/C11H16FNO3S/c12-11(10(15)16)3-4-13(7-11)9(14)8-1-5-17-6-2-8/h8H,1-7H2,(H,15,16). The average molecular weight is 261 g/mol. The maximum absolute atomic E-state index is 13.8. The van der Waals surface area contributed by atoms with Crippen LogP contribution in [0.15, 0.2) is 0 Å². The van der Waals surface area contributed by atoms with Gasteiger partial charge in [0.25, 0.3) is 0 Å². The summed E-state index contributed by atoms with van der Waals surface area (Å²) in [5.41, 5.74) is -2.24. The van der Waals surface area contributed by atoms with Gasteiger partial charge in [0.2, 0.25) is 11.6 Å². The van der Waals surface area contributed by atoms with Gasteiger partial charge in [0.15, 0.2) is 0 Å². The molecule has 1 N–H and O–H groups in total. The lowest BCUT2D eigenvalue weighted by molar-refractivity contribution is -0.150. The molecule has 2 aliphatic rings. The molecule has 4 nitrogen and oxygen atoms in total. The smallest absolute Gasteiger partial charge is 0.343 e. The number of rotatable bonds is 2. The lowest BCUT2D eigenvalue weighted by Gasteiger charge is -2.26. The van der Waals surface area contributed by atoms with Crippen molar-refractivity contribution in [2.24, 2.45) is 5.92 Å². The van der Waals surface area contributed by atoms with Crippen LogP contribution in [0.5, 0.6) is 0 Å². The van der Waals surface area contributed by atoms with E-state index in [-0.39, 0.29) is 31.3 Å². The Morgan fingerprint density at radius 3 is 2.53 bits per heavy atom. The molecule has 17 heavy (non-hydrogen) atoms. The topological polar surface area (TPSA) is 57.6 Å². The number of hydrogen-bond donors (Lipinski definition) is 1. The summed E-state index contributed by atoms with van der Waals surface area (Å²) in [5, 5.41) is 8.77. The summed E-state index contributed by atoms with van der Waals surface area (Å²) in [5.74, 6) is 0.374. The Morgan fingerprint density at radius 1 is 1.35 bits per heavy atom. The van der Waals surface area contributed by atoms with E-state index in [2.05, 4.69) is 0 Å². The minimum Gasteiger partial charge on any atom is -0.479 e. The van der Waals surface area contributed by atoms with Crippen LogP contribution in [0, 0.1) is 5.92 Å². The highest BCUT2D eigenvalue weighted by Gasteiger charge is 2.47. The quantitative estimate of drug-likeness (QED) is 0.810. The Morgan fingerprint density at radius 2 is 2.00 bits per heavy atom. The first kappa shape index (κ1) is 12.7. The van der Waals surface area contributed by atoms with Crippen LogP contribution in [0.3, 0.4) is 0 Å². The maximum Gasteiger partial charge on any atom is 0.343 e. The normalized spacial score (nSPS) is 30.5. The van der Waals surface area contributed by atoms with Gasteiger partial charge in [0.1, 0.15) is 0 Å². The van der Waals surface area contributed by atoms with Crippen molar-refractivity contribution < 1.29 is 19.1 Å². The van der Waals surface area contributed by atoms with Crippen molar-refractivity contribution >= 4 is 23.6 Å². The number of carbonyl (C=O) groups excluding carboxylic acids is 1. The Hall–Kier alpha value is -0.780. The average Bonchev–Trinajstić information content (AvgIpc) is 2.74. The molecule has 6 heteroatoms. The van der Waals surface area contributed by atoms with Crippen LogP contribution in [0.2, 0.25) is 0 Å². The van der Waals surface area contributed by atoms with Crippen molar-refractivity contribution in [2.75, 3.05) is 24.6 Å². The molecule has 1 unspecified atom stereocenters. The molecule has 0 saturated carbocycles. The third kappa shape index (κ3) is 2.56. The Balaban J connectivity index is 1.95. The van der Waals surface area contributed by atoms with E-state index in [1.54, 1.807) is 0 Å². The largest absolute Gasteiger partial charge is 0.479 e. The van der Waals surface area contributed by atoms with Crippen molar-refractivity contribution in [3.8, 4) is 0 Å². The van der Waals surface area contributed by atoms with Crippen LogP contribution in [-0.2, 0) is 9.59 Å². The number of halogens is 1. The monoisotopic (exact) mass is 261 g/mol. The number of carboxylic acids is 1. The number of nitrogens with zero attached hydrogens (tertiary/aromatic N) is 1. The Labute approximate surface area is 104 Å². The highest BCUT2D eigenvalue weighted by molar-refractivity contribution is 7.99. The minimum atomic E-state index is -2.24. The van der Waals surface area contributed by atoms with E-state index in [4.69, 9.17) is 5.11 Å². The third-order valence-corrected chi connectivity index (χ3v) is 4.53. The zero-order chi connectivity index (χ0) is 12.5. The van der Waals surface area contributed by atoms with Gasteiger partial charge in [-0.2, -0.15) is 11.8 Å². The molecule has 0 aromatic rings. The first-order chi connectivity index (χ1) is 8.03. The summed E-state index contributed by atoms with van der Waals surface area (Å²) in [7, 11) is 0. The predicted octanol–water partition coefficient (Wildman–Crippen LogP) is 1.15. The number of hydrogen-bond acceptors (Lipinski definition) is 3. The maximum atomic E-state index is 13.8. The van der Waals surface area contributed by atoms with E-state index >= 15 is 0 Å². The summed E-state index contributed by atoms with van der Waals surface area (Å²) in [6.45, 7) is -0.0594. The van der Waals surface area contributed by atoms with Gasteiger partial charge < -0.3 is 10.0 Å². The molecule has 0 spiro atoms. The molecule has 2 heterocycles. The van der Waals surface area contributed by atoms with Gasteiger partial charge in [0, 0.05) is 18.9 Å². The summed E-state index contributed by atoms with van der Waals surface area (Å²) < 4.78 is 13.8. The highest BCUT2D eigenvalue weighted by atomic mass is 32.2. The van der Waals surface area contributed by atoms with E-state index < -0.39 is 11.6 Å². The number of thioether (sulfide) groups is 1. The fraction of sp³-hybridized carbons (Fsp3) is 0.818. The second-order valence-electron chi connectivity index (χ2n) is 4.67. The van der Waals surface area contributed by atoms with Gasteiger partial charge in [-0.1, -0.05) is 0 Å². The Kier molecular flexibility index (Phi) is 3.61. The van der Waals surface area contributed by atoms with Crippen LogP contribution in [0.25, 0.3) is 0 Å². The number of likely N-dealkylation sites (tertiary alicyclic amines) is 1. The second-order valence-corrected chi connectivity index (χ2v) is 5.89. The SMILES string of the molecule is O=C(C1CCSCC1)N1CCC(F)(C(=O)O)C1. The first-order valence-electron chi connectivity index (χ1n) is 5.82. The zero-order valence-electron chi connectivity index (χ0n) is 9.52. The van der Waals surface area contributed by atoms with Gasteiger partial charge in [-0.15, -0.1) is 0 Å². The molecule has 1 amide bonds. The number of carboxylic acid groups (broad SMARTS) is 1. The second kappa shape index (κ2) is 4.84. The lowest BCUT2D eigenvalue weighted by atomic mass is 10.0. The van der Waals surface area contributed by atoms with Crippen molar-refractivity contribution in [2.45, 2.75) is 24.9 Å². The molecule has 0 aromatic heterocycles. The lowest BCUT2D eigenvalue weighted by Crippen LogP contribution is -2.41. The van der Waals surface area contributed by atoms with E-state index in [1.807, 2.05) is 11.8 Å². The van der Waals surface area contributed by atoms with Crippen molar-refractivity contribution in [1.82, 2.24) is 4.90 Å². The number of alkyl halides is 1. The molecule has 2 saturated heterocycles. The predicted molar refractivity (Wildman–Crippen MR) is 62.7 cm³/mol. The molecule has 0 bridgehead atoms. The third-order valence-electron chi connectivity index (χ3n) is 3.48. The fourth-order valence-corrected chi connectivity index (χ4v) is 3.44. The molecule has 0 aromatic carbocycles. The van der Waals surface area contributed by atoms with Crippen molar-refractivity contribution in [3.63, 3.8) is 0 Å². The van der Waals surface area contributed by atoms with Crippen LogP contribution in [-0.4, -0.2) is 52.1 Å². The number of amides is 1. The number of carbonyl (C=O) groups is 2. The Bertz CT molecular complexity index is 333. The molecular formula is C11H16FNO3S. The van der Waals surface area contributed by atoms with E-state index in [1.165, 1.54) is 4.90 Å². The summed E-state index contributed by atoms with van der Waals surface area (Å²) in [6.07, 6.45) is 1.56. The van der Waals surface area contributed by atoms with Crippen LogP contribution in [0.1, 0.15) is 19.3 Å². The first-order valence-corrected chi connectivity index (χ1v) is 6.97. The van der Waals surface area contributed by atoms with Gasteiger partial charge >= 0.3 is 5.97 Å². The summed E-state index contributed by atoms with van der Waals surface area (Å²) in [6, 6.07) is 0. The molecular weight excluding hydrogens is 245 g/mol. The van der Waals surface area contributed by atoms with Gasteiger partial charge in [0.05, 0.1) is 6.54 Å². The van der Waals surface area contributed by atoms with E-state index in [9.17, 15) is 14.0 Å². The minimum absolute atomic E-state index is 0.0348. The molecule has 1 atom stereocenters. The van der Waals surface area contributed by atoms with Crippen LogP contribution >= 0.6 is 11.8 Å². The molecule has 0 radical (unpaired) electrons. The van der Waals surface area contributed by atoms with Gasteiger partial charge in [-0.3, -0.25) is 4.79 Å². The molecule has 0 aliphatic carbocycles. The van der Waals surface area contributed by atoms with E-state index in [0.29, 0.717) is 0 Å². The van der Waals surface area contributed by atoms with Crippen molar-refractivity contribution in [1.29, 1.82) is 0 Å². The summed E-state index contributed by atoms with van der Waals surface area (Å²) in [4.78, 5) is 24.2. The summed E-state index contributed by atoms with van der Waals surface area (Å²) >= 11 is 1.82. The van der Waals surface area contributed by atoms with Crippen LogP contribution in [0.4, 0.5) is 4.39 Å². The highest BCUT2D eigenvalue weighted by Crippen LogP contribution is 2.30. The van der Waals surface area contributed by atoms with Gasteiger partial charge in [-0.25, -0.2) is 9.18 Å². The number of aliphatic carboxylic acids is 1.